The highest BCUT2D eigenvalue weighted by Gasteiger charge is 2.08. The number of hydrogen-bond acceptors (Lipinski definition) is 1. The molecule has 1 N–H and O–H groups in total. The van der Waals surface area contributed by atoms with Crippen molar-refractivity contribution in [2.75, 3.05) is 0 Å². The maximum Gasteiger partial charge on any atom is 0.335 e. The van der Waals surface area contributed by atoms with E-state index in [1.165, 1.54) is 0 Å². The van der Waals surface area contributed by atoms with E-state index in [1.807, 2.05) is 19.1 Å². The third-order valence-corrected chi connectivity index (χ3v) is 3.01. The van der Waals surface area contributed by atoms with E-state index in [4.69, 9.17) is 16.7 Å². The summed E-state index contributed by atoms with van der Waals surface area (Å²) < 4.78 is 0. The van der Waals surface area contributed by atoms with Gasteiger partial charge in [0, 0.05) is 6.07 Å². The van der Waals surface area contributed by atoms with Crippen molar-refractivity contribution in [2.45, 2.75) is 6.92 Å². The second-order valence-corrected chi connectivity index (χ2v) is 4.09. The van der Waals surface area contributed by atoms with Crippen molar-refractivity contribution in [3.05, 3.63) is 58.6 Å². The lowest BCUT2D eigenvalue weighted by Crippen LogP contribution is -1.96. The number of aromatic carboxylic acids is 1. The highest BCUT2D eigenvalue weighted by Crippen LogP contribution is 2.28. The first-order chi connectivity index (χ1) is 8.09. The van der Waals surface area contributed by atoms with Gasteiger partial charge in [0.1, 0.15) is 0 Å². The lowest BCUT2D eigenvalue weighted by Gasteiger charge is -2.07. The van der Waals surface area contributed by atoms with Crippen molar-refractivity contribution >= 4 is 17.6 Å². The first kappa shape index (κ1) is 11.7. The maximum atomic E-state index is 10.9. The number of hydrogen-bond donors (Lipinski definition) is 1. The fourth-order valence-corrected chi connectivity index (χ4v) is 1.85. The molecule has 2 aromatic carbocycles. The first-order valence-electron chi connectivity index (χ1n) is 5.10. The summed E-state index contributed by atoms with van der Waals surface area (Å²) in [5, 5.41) is 9.51. The van der Waals surface area contributed by atoms with E-state index in [1.54, 1.807) is 24.3 Å². The summed E-state index contributed by atoms with van der Waals surface area (Å²) in [5.74, 6) is -0.932. The van der Waals surface area contributed by atoms with Gasteiger partial charge in [-0.3, -0.25) is 0 Å². The highest BCUT2D eigenvalue weighted by atomic mass is 35.5. The Kier molecular flexibility index (Phi) is 3.16. The average molecular weight is 246 g/mol. The van der Waals surface area contributed by atoms with Crippen LogP contribution in [0, 0.1) is 13.0 Å². The van der Waals surface area contributed by atoms with Crippen molar-refractivity contribution in [1.29, 1.82) is 0 Å². The van der Waals surface area contributed by atoms with Gasteiger partial charge in [0.15, 0.2) is 0 Å². The predicted molar refractivity (Wildman–Crippen MR) is 67.4 cm³/mol. The summed E-state index contributed by atoms with van der Waals surface area (Å²) in [6.07, 6.45) is 0. The summed E-state index contributed by atoms with van der Waals surface area (Å²) in [4.78, 5) is 10.9. The normalized spacial score (nSPS) is 10.2. The molecule has 0 heterocycles. The number of carboxylic acids is 1. The molecule has 0 aliphatic carbocycles. The van der Waals surface area contributed by atoms with Crippen LogP contribution < -0.4 is 0 Å². The fourth-order valence-electron chi connectivity index (χ4n) is 1.68. The van der Waals surface area contributed by atoms with Crippen molar-refractivity contribution < 1.29 is 9.90 Å². The van der Waals surface area contributed by atoms with E-state index >= 15 is 0 Å². The maximum absolute atomic E-state index is 10.9. The van der Waals surface area contributed by atoms with Crippen LogP contribution in [0.4, 0.5) is 0 Å². The summed E-state index contributed by atoms with van der Waals surface area (Å²) in [7, 11) is 0. The monoisotopic (exact) mass is 245 g/mol. The molecule has 2 nitrogen and oxygen atoms in total. The summed E-state index contributed by atoms with van der Waals surface area (Å²) in [5.41, 5.74) is 2.94. The average Bonchev–Trinajstić information content (AvgIpc) is 2.33. The molecule has 3 heteroatoms. The summed E-state index contributed by atoms with van der Waals surface area (Å²) >= 11 is 5.99. The molecule has 0 bridgehead atoms. The third kappa shape index (κ3) is 2.32. The SMILES string of the molecule is Cc1c(Cl)[c]ccc1-c1cccc(C(=O)O)c1. The smallest absolute Gasteiger partial charge is 0.335 e. The topological polar surface area (TPSA) is 37.3 Å². The Balaban J connectivity index is 2.57. The molecule has 0 aromatic heterocycles. The Labute approximate surface area is 104 Å². The molecular weight excluding hydrogens is 236 g/mol. The minimum atomic E-state index is -0.932. The molecule has 0 saturated heterocycles. The van der Waals surface area contributed by atoms with Crippen LogP contribution in [-0.2, 0) is 0 Å². The van der Waals surface area contributed by atoms with Gasteiger partial charge in [-0.25, -0.2) is 4.79 Å². The third-order valence-electron chi connectivity index (χ3n) is 2.61. The van der Waals surface area contributed by atoms with E-state index in [0.29, 0.717) is 5.02 Å². The van der Waals surface area contributed by atoms with E-state index in [0.717, 1.165) is 16.7 Å². The zero-order valence-corrected chi connectivity index (χ0v) is 9.95. The van der Waals surface area contributed by atoms with Gasteiger partial charge in [-0.15, -0.1) is 0 Å². The Morgan fingerprint density at radius 3 is 2.82 bits per heavy atom. The molecule has 85 valence electrons. The van der Waals surface area contributed by atoms with Crippen LogP contribution in [0.15, 0.2) is 36.4 Å². The quantitative estimate of drug-likeness (QED) is 0.874. The van der Waals surface area contributed by atoms with Crippen molar-refractivity contribution in [3.8, 4) is 11.1 Å². The van der Waals surface area contributed by atoms with Crippen LogP contribution >= 0.6 is 11.6 Å². The van der Waals surface area contributed by atoms with Crippen LogP contribution in [0.3, 0.4) is 0 Å². The van der Waals surface area contributed by atoms with Gasteiger partial charge in [-0.05, 0) is 35.7 Å². The molecule has 0 unspecified atom stereocenters. The van der Waals surface area contributed by atoms with Crippen LogP contribution in [-0.4, -0.2) is 11.1 Å². The zero-order valence-electron chi connectivity index (χ0n) is 9.20. The van der Waals surface area contributed by atoms with Crippen molar-refractivity contribution in [2.24, 2.45) is 0 Å². The molecule has 0 aliphatic heterocycles. The predicted octanol–water partition coefficient (Wildman–Crippen LogP) is 3.81. The number of carboxylic acid groups (broad SMARTS) is 1. The standard InChI is InChI=1S/C14H10ClO2/c1-9-12(6-3-7-13(9)15)10-4-2-5-11(8-10)14(16)17/h2-6,8H,1H3,(H,16,17). The van der Waals surface area contributed by atoms with Gasteiger partial charge >= 0.3 is 5.97 Å². The van der Waals surface area contributed by atoms with Gasteiger partial charge < -0.3 is 5.11 Å². The second-order valence-electron chi connectivity index (χ2n) is 3.72. The summed E-state index contributed by atoms with van der Waals surface area (Å²) in [6.45, 7) is 1.89. The van der Waals surface area contributed by atoms with Gasteiger partial charge in [-0.2, -0.15) is 0 Å². The molecule has 0 fully saturated rings. The minimum Gasteiger partial charge on any atom is -0.478 e. The van der Waals surface area contributed by atoms with E-state index in [2.05, 4.69) is 6.07 Å². The van der Waals surface area contributed by atoms with Crippen LogP contribution in [0.1, 0.15) is 15.9 Å². The Hall–Kier alpha value is -1.80. The van der Waals surface area contributed by atoms with Gasteiger partial charge in [0.25, 0.3) is 0 Å². The first-order valence-corrected chi connectivity index (χ1v) is 5.48. The summed E-state index contributed by atoms with van der Waals surface area (Å²) in [6, 6.07) is 13.3. The van der Waals surface area contributed by atoms with Crippen LogP contribution in [0.25, 0.3) is 11.1 Å². The van der Waals surface area contributed by atoms with E-state index < -0.39 is 5.97 Å². The van der Waals surface area contributed by atoms with Crippen LogP contribution in [0.5, 0.6) is 0 Å². The van der Waals surface area contributed by atoms with Crippen molar-refractivity contribution in [3.63, 3.8) is 0 Å². The molecule has 17 heavy (non-hydrogen) atoms. The highest BCUT2D eigenvalue weighted by molar-refractivity contribution is 6.31. The van der Waals surface area contributed by atoms with E-state index in [-0.39, 0.29) is 5.56 Å². The minimum absolute atomic E-state index is 0.269. The van der Waals surface area contributed by atoms with Crippen LogP contribution in [0.2, 0.25) is 5.02 Å². The molecule has 0 amide bonds. The van der Waals surface area contributed by atoms with Gasteiger partial charge in [0.05, 0.1) is 10.6 Å². The van der Waals surface area contributed by atoms with Gasteiger partial charge in [0.2, 0.25) is 0 Å². The molecular formula is C14H10ClO2. The number of benzene rings is 2. The molecule has 0 spiro atoms. The largest absolute Gasteiger partial charge is 0.478 e. The van der Waals surface area contributed by atoms with E-state index in [9.17, 15) is 4.79 Å². The van der Waals surface area contributed by atoms with Gasteiger partial charge in [-0.1, -0.05) is 35.9 Å². The Morgan fingerprint density at radius 2 is 2.12 bits per heavy atom. The molecule has 0 saturated carbocycles. The molecule has 2 rings (SSSR count). The number of rotatable bonds is 2. The molecule has 0 aliphatic rings. The molecule has 0 atom stereocenters. The Morgan fingerprint density at radius 1 is 1.35 bits per heavy atom. The van der Waals surface area contributed by atoms with Crippen molar-refractivity contribution in [1.82, 2.24) is 0 Å². The molecule has 1 radical (unpaired) electrons. The lowest BCUT2D eigenvalue weighted by molar-refractivity contribution is 0.0697. The zero-order chi connectivity index (χ0) is 12.4. The lowest BCUT2D eigenvalue weighted by atomic mass is 9.99. The molecule has 2 aromatic rings. The fraction of sp³-hybridized carbons (Fsp3) is 0.0714. The second kappa shape index (κ2) is 4.60. The Bertz CT molecular complexity index is 576. The number of carbonyl (C=O) groups is 1. The number of halogens is 1.